The van der Waals surface area contributed by atoms with Crippen LogP contribution >= 0.6 is 19.8 Å². The Morgan fingerprint density at radius 3 is 2.75 bits per heavy atom. The van der Waals surface area contributed by atoms with Crippen LogP contribution in [0.5, 0.6) is 0 Å². The molecule has 3 N–H and O–H groups in total. The van der Waals surface area contributed by atoms with E-state index in [9.17, 15) is 0 Å². The molecule has 0 aromatic carbocycles. The van der Waals surface area contributed by atoms with E-state index in [0.717, 1.165) is 17.0 Å². The maximum atomic E-state index is 5.23. The van der Waals surface area contributed by atoms with Crippen LogP contribution in [0.15, 0.2) is 36.1 Å². The number of hydrogen-bond donors (Lipinski definition) is 2. The third kappa shape index (κ3) is 5.42. The largest absolute Gasteiger partial charge is 0.324 e. The average Bonchev–Trinajstić information content (AvgIpc) is 2.07. The van der Waals surface area contributed by atoms with E-state index < -0.39 is 0 Å². The van der Waals surface area contributed by atoms with E-state index in [1.54, 1.807) is 11.4 Å². The lowest BCUT2D eigenvalue weighted by Crippen LogP contribution is -2.19. The van der Waals surface area contributed by atoms with Gasteiger partial charge in [0.25, 0.3) is 0 Å². The lowest BCUT2D eigenvalue weighted by atomic mass is 10.3. The Bertz CT molecular complexity index is 199. The molecular formula is C8H15N2PS. The first-order valence-electron chi connectivity index (χ1n) is 3.55. The maximum absolute atomic E-state index is 5.23. The third-order valence-corrected chi connectivity index (χ3v) is 2.28. The van der Waals surface area contributed by atoms with Gasteiger partial charge in [-0.1, -0.05) is 27.2 Å². The fourth-order valence-corrected chi connectivity index (χ4v) is 1.54. The van der Waals surface area contributed by atoms with Gasteiger partial charge in [-0.05, 0) is 18.6 Å². The first kappa shape index (κ1) is 11.8. The van der Waals surface area contributed by atoms with Gasteiger partial charge in [-0.25, -0.2) is 0 Å². The van der Waals surface area contributed by atoms with Crippen LogP contribution in [0.1, 0.15) is 6.92 Å². The number of nitrogens with one attached hydrogen (secondary N) is 1. The summed E-state index contributed by atoms with van der Waals surface area (Å²) in [7, 11) is 2.59. The quantitative estimate of drug-likeness (QED) is 0.310. The van der Waals surface area contributed by atoms with Crippen molar-refractivity contribution >= 4 is 19.8 Å². The molecular weight excluding hydrogens is 187 g/mol. The van der Waals surface area contributed by atoms with Crippen molar-refractivity contribution in [3.8, 4) is 0 Å². The monoisotopic (exact) mass is 202 g/mol. The normalized spacial score (nSPS) is 12.1. The van der Waals surface area contributed by atoms with Crippen LogP contribution in [0.4, 0.5) is 0 Å². The molecule has 12 heavy (non-hydrogen) atoms. The molecule has 0 aliphatic carbocycles. The summed E-state index contributed by atoms with van der Waals surface area (Å²) >= 11 is 1.67. The summed E-state index contributed by atoms with van der Waals surface area (Å²) in [6.45, 7) is 5.79. The second-order valence-electron chi connectivity index (χ2n) is 2.19. The fourth-order valence-electron chi connectivity index (χ4n) is 0.590. The Kier molecular flexibility index (Phi) is 7.26. The summed E-state index contributed by atoms with van der Waals surface area (Å²) in [4.78, 5) is 0. The van der Waals surface area contributed by atoms with Gasteiger partial charge in [-0.3, -0.25) is 5.84 Å². The summed E-state index contributed by atoms with van der Waals surface area (Å²) in [6.07, 6.45) is 5.76. The lowest BCUT2D eigenvalue weighted by Gasteiger charge is -1.99. The van der Waals surface area contributed by atoms with Crippen LogP contribution in [0.2, 0.25) is 0 Å². The van der Waals surface area contributed by atoms with Crippen molar-refractivity contribution < 1.29 is 0 Å². The lowest BCUT2D eigenvalue weighted by molar-refractivity contribution is 0.913. The van der Waals surface area contributed by atoms with E-state index >= 15 is 0 Å². The number of hydrogen-bond acceptors (Lipinski definition) is 3. The third-order valence-electron chi connectivity index (χ3n) is 1.24. The van der Waals surface area contributed by atoms with Gasteiger partial charge in [-0.15, -0.1) is 11.4 Å². The zero-order valence-electron chi connectivity index (χ0n) is 7.21. The van der Waals surface area contributed by atoms with Crippen molar-refractivity contribution in [3.63, 3.8) is 0 Å². The molecule has 68 valence electrons. The highest BCUT2D eigenvalue weighted by molar-refractivity contribution is 8.43. The minimum absolute atomic E-state index is 0.893. The molecule has 0 aliphatic rings. The van der Waals surface area contributed by atoms with E-state index in [1.807, 2.05) is 25.2 Å². The van der Waals surface area contributed by atoms with E-state index in [0.29, 0.717) is 0 Å². The van der Waals surface area contributed by atoms with Crippen molar-refractivity contribution in [2.45, 2.75) is 6.92 Å². The SMILES string of the molecule is C=C(/C=C\C(=C/C)NN)CSP. The van der Waals surface area contributed by atoms with Gasteiger partial charge in [0.1, 0.15) is 0 Å². The van der Waals surface area contributed by atoms with E-state index in [-0.39, 0.29) is 0 Å². The highest BCUT2D eigenvalue weighted by atomic mass is 32.7. The Morgan fingerprint density at radius 1 is 1.67 bits per heavy atom. The van der Waals surface area contributed by atoms with Crippen LogP contribution in [-0.4, -0.2) is 5.75 Å². The summed E-state index contributed by atoms with van der Waals surface area (Å²) in [5.74, 6) is 6.15. The van der Waals surface area contributed by atoms with Crippen molar-refractivity contribution in [2.24, 2.45) is 5.84 Å². The standard InChI is InChI=1S/C8H15N2PS/c1-3-8(10-9)5-4-7(2)6-12-11/h3-5,10H,2,6,9,11H2,1H3/b5-4-,8-3+. The molecule has 0 aromatic rings. The molecule has 2 nitrogen and oxygen atoms in total. The van der Waals surface area contributed by atoms with Crippen molar-refractivity contribution in [3.05, 3.63) is 36.1 Å². The van der Waals surface area contributed by atoms with Crippen LogP contribution in [0.25, 0.3) is 0 Å². The van der Waals surface area contributed by atoms with E-state index in [1.165, 1.54) is 0 Å². The zero-order chi connectivity index (χ0) is 9.40. The maximum Gasteiger partial charge on any atom is 0.0442 e. The fraction of sp³-hybridized carbons (Fsp3) is 0.250. The molecule has 0 aliphatic heterocycles. The highest BCUT2D eigenvalue weighted by Crippen LogP contribution is 2.14. The van der Waals surface area contributed by atoms with Gasteiger partial charge in [0.05, 0.1) is 0 Å². The number of rotatable bonds is 5. The second-order valence-corrected chi connectivity index (χ2v) is 3.81. The van der Waals surface area contributed by atoms with Gasteiger partial charge in [0, 0.05) is 11.4 Å². The molecule has 0 radical (unpaired) electrons. The van der Waals surface area contributed by atoms with Crippen LogP contribution in [-0.2, 0) is 0 Å². The molecule has 0 aromatic heterocycles. The first-order valence-corrected chi connectivity index (χ1v) is 6.01. The van der Waals surface area contributed by atoms with Gasteiger partial charge >= 0.3 is 0 Å². The first-order chi connectivity index (χ1) is 5.74. The van der Waals surface area contributed by atoms with E-state index in [4.69, 9.17) is 5.84 Å². The second kappa shape index (κ2) is 7.41. The van der Waals surface area contributed by atoms with Gasteiger partial charge in [0.2, 0.25) is 0 Å². The number of hydrazine groups is 1. The number of nitrogens with two attached hydrogens (primary N) is 1. The van der Waals surface area contributed by atoms with Crippen molar-refractivity contribution in [1.82, 2.24) is 5.43 Å². The minimum atomic E-state index is 0.893. The smallest absolute Gasteiger partial charge is 0.0442 e. The molecule has 0 rings (SSSR count). The molecule has 0 bridgehead atoms. The van der Waals surface area contributed by atoms with Crippen LogP contribution in [0, 0.1) is 0 Å². The molecule has 0 heterocycles. The number of allylic oxidation sites excluding steroid dienone is 3. The summed E-state index contributed by atoms with van der Waals surface area (Å²) in [5.41, 5.74) is 4.54. The molecule has 1 atom stereocenters. The molecule has 0 amide bonds. The molecule has 4 heteroatoms. The minimum Gasteiger partial charge on any atom is -0.324 e. The molecule has 0 saturated carbocycles. The van der Waals surface area contributed by atoms with Crippen molar-refractivity contribution in [1.29, 1.82) is 0 Å². The van der Waals surface area contributed by atoms with Crippen LogP contribution in [0.3, 0.4) is 0 Å². The van der Waals surface area contributed by atoms with E-state index in [2.05, 4.69) is 20.4 Å². The Morgan fingerprint density at radius 2 is 2.33 bits per heavy atom. The Balaban J connectivity index is 3.96. The Labute approximate surface area is 80.3 Å². The van der Waals surface area contributed by atoms with Crippen molar-refractivity contribution in [2.75, 3.05) is 5.75 Å². The summed E-state index contributed by atoms with van der Waals surface area (Å²) in [6, 6.07) is 0. The molecule has 0 spiro atoms. The topological polar surface area (TPSA) is 38.0 Å². The van der Waals surface area contributed by atoms with Gasteiger partial charge < -0.3 is 5.43 Å². The summed E-state index contributed by atoms with van der Waals surface area (Å²) in [5, 5.41) is 0. The van der Waals surface area contributed by atoms with Crippen LogP contribution < -0.4 is 11.3 Å². The molecule has 1 unspecified atom stereocenters. The average molecular weight is 202 g/mol. The van der Waals surface area contributed by atoms with Gasteiger partial charge in [0.15, 0.2) is 0 Å². The van der Waals surface area contributed by atoms with Gasteiger partial charge in [-0.2, -0.15) is 0 Å². The predicted molar refractivity (Wildman–Crippen MR) is 61.5 cm³/mol. The predicted octanol–water partition coefficient (Wildman–Crippen LogP) is 1.99. The molecule has 0 saturated heterocycles. The Hall–Kier alpha value is -0.240. The summed E-state index contributed by atoms with van der Waals surface area (Å²) < 4.78 is 0. The zero-order valence-corrected chi connectivity index (χ0v) is 9.18. The highest BCUT2D eigenvalue weighted by Gasteiger charge is 1.87. The molecule has 0 fully saturated rings.